The van der Waals surface area contributed by atoms with E-state index in [4.69, 9.17) is 9.84 Å². The fourth-order valence-corrected chi connectivity index (χ4v) is 1.85. The van der Waals surface area contributed by atoms with E-state index < -0.39 is 5.97 Å². The van der Waals surface area contributed by atoms with Crippen molar-refractivity contribution in [3.8, 4) is 5.75 Å². The first-order chi connectivity index (χ1) is 9.72. The fraction of sp³-hybridized carbons (Fsp3) is 0.562. The van der Waals surface area contributed by atoms with Gasteiger partial charge in [-0.05, 0) is 24.1 Å². The summed E-state index contributed by atoms with van der Waals surface area (Å²) in [6.07, 6.45) is 4.99. The molecular weight excluding hydrogens is 254 g/mol. The molecule has 0 aromatic heterocycles. The second-order valence-corrected chi connectivity index (χ2v) is 4.87. The van der Waals surface area contributed by atoms with Crippen LogP contribution in [0.5, 0.6) is 5.75 Å². The van der Waals surface area contributed by atoms with Crippen LogP contribution in [0.2, 0.25) is 0 Å². The number of benzene rings is 1. The van der Waals surface area contributed by atoms with E-state index in [1.807, 2.05) is 24.3 Å². The fourth-order valence-electron chi connectivity index (χ4n) is 1.85. The van der Waals surface area contributed by atoms with E-state index in [2.05, 4.69) is 12.2 Å². The van der Waals surface area contributed by atoms with Crippen LogP contribution in [-0.4, -0.2) is 24.2 Å². The smallest absolute Gasteiger partial charge is 0.304 e. The number of carboxylic acids is 1. The van der Waals surface area contributed by atoms with Gasteiger partial charge in [-0.3, -0.25) is 4.79 Å². The summed E-state index contributed by atoms with van der Waals surface area (Å²) >= 11 is 0. The molecule has 0 radical (unpaired) electrons. The molecule has 4 heteroatoms. The first kappa shape index (κ1) is 16.5. The zero-order valence-electron chi connectivity index (χ0n) is 12.2. The van der Waals surface area contributed by atoms with Crippen LogP contribution in [0.1, 0.15) is 44.6 Å². The Morgan fingerprint density at radius 2 is 1.95 bits per heavy atom. The summed E-state index contributed by atoms with van der Waals surface area (Å²) in [4.78, 5) is 10.4. The molecule has 0 saturated heterocycles. The van der Waals surface area contributed by atoms with E-state index in [-0.39, 0.29) is 6.42 Å². The maximum absolute atomic E-state index is 10.4. The molecule has 20 heavy (non-hydrogen) atoms. The van der Waals surface area contributed by atoms with Gasteiger partial charge in [0.1, 0.15) is 5.75 Å². The van der Waals surface area contributed by atoms with Crippen LogP contribution in [0.3, 0.4) is 0 Å². The lowest BCUT2D eigenvalue weighted by atomic mass is 10.2. The molecule has 112 valence electrons. The highest BCUT2D eigenvalue weighted by Gasteiger charge is 1.98. The number of aliphatic carboxylic acids is 1. The highest BCUT2D eigenvalue weighted by Crippen LogP contribution is 2.13. The van der Waals surface area contributed by atoms with Crippen molar-refractivity contribution < 1.29 is 14.6 Å². The van der Waals surface area contributed by atoms with Crippen LogP contribution in [0, 0.1) is 0 Å². The van der Waals surface area contributed by atoms with E-state index in [0.717, 1.165) is 24.3 Å². The van der Waals surface area contributed by atoms with Gasteiger partial charge in [0.05, 0.1) is 13.0 Å². The van der Waals surface area contributed by atoms with Crippen molar-refractivity contribution in [3.63, 3.8) is 0 Å². The van der Waals surface area contributed by atoms with E-state index in [1.54, 1.807) is 0 Å². The van der Waals surface area contributed by atoms with Crippen molar-refractivity contribution in [1.29, 1.82) is 0 Å². The Balaban J connectivity index is 2.17. The Morgan fingerprint density at radius 3 is 2.60 bits per heavy atom. The number of hydrogen-bond donors (Lipinski definition) is 2. The Hall–Kier alpha value is -1.55. The molecule has 1 aromatic carbocycles. The predicted molar refractivity (Wildman–Crippen MR) is 80.0 cm³/mol. The monoisotopic (exact) mass is 279 g/mol. The molecule has 0 bridgehead atoms. The topological polar surface area (TPSA) is 58.6 Å². The molecule has 0 unspecified atom stereocenters. The second-order valence-electron chi connectivity index (χ2n) is 4.87. The van der Waals surface area contributed by atoms with E-state index in [9.17, 15) is 4.79 Å². The van der Waals surface area contributed by atoms with Gasteiger partial charge in [-0.15, -0.1) is 0 Å². The van der Waals surface area contributed by atoms with Crippen molar-refractivity contribution in [2.45, 2.75) is 45.6 Å². The summed E-state index contributed by atoms with van der Waals surface area (Å²) in [5.41, 5.74) is 1.13. The average molecular weight is 279 g/mol. The molecule has 1 rings (SSSR count). The molecular formula is C16H25NO3. The molecule has 0 atom stereocenters. The van der Waals surface area contributed by atoms with E-state index in [0.29, 0.717) is 13.1 Å². The Labute approximate surface area is 121 Å². The van der Waals surface area contributed by atoms with Gasteiger partial charge in [-0.2, -0.15) is 0 Å². The third-order valence-corrected chi connectivity index (χ3v) is 3.03. The number of carbonyl (C=O) groups is 1. The average Bonchev–Trinajstić information content (AvgIpc) is 2.44. The zero-order valence-corrected chi connectivity index (χ0v) is 12.2. The van der Waals surface area contributed by atoms with Crippen molar-refractivity contribution in [2.24, 2.45) is 0 Å². The first-order valence-electron chi connectivity index (χ1n) is 7.36. The first-order valence-corrected chi connectivity index (χ1v) is 7.36. The van der Waals surface area contributed by atoms with Gasteiger partial charge in [0.25, 0.3) is 0 Å². The largest absolute Gasteiger partial charge is 0.494 e. The molecule has 0 fully saturated rings. The summed E-state index contributed by atoms with van der Waals surface area (Å²) in [5, 5.41) is 11.6. The summed E-state index contributed by atoms with van der Waals surface area (Å²) in [7, 11) is 0. The van der Waals surface area contributed by atoms with Crippen molar-refractivity contribution >= 4 is 5.97 Å². The lowest BCUT2D eigenvalue weighted by Gasteiger charge is -2.07. The molecule has 1 aromatic rings. The van der Waals surface area contributed by atoms with Gasteiger partial charge in [0.2, 0.25) is 0 Å². The van der Waals surface area contributed by atoms with Crippen LogP contribution in [0.25, 0.3) is 0 Å². The SMILES string of the molecule is CCCCCCOc1ccc(CNCCC(=O)O)cc1. The predicted octanol–water partition coefficient (Wildman–Crippen LogP) is 3.21. The highest BCUT2D eigenvalue weighted by atomic mass is 16.5. The standard InChI is InChI=1S/C16H25NO3/c1-2-3-4-5-12-20-15-8-6-14(7-9-15)13-17-11-10-16(18)19/h6-9,17H,2-5,10-13H2,1H3,(H,18,19). The molecule has 2 N–H and O–H groups in total. The molecule has 0 aliphatic rings. The quantitative estimate of drug-likeness (QED) is 0.611. The van der Waals surface area contributed by atoms with Gasteiger partial charge in [0, 0.05) is 13.1 Å². The molecule has 0 spiro atoms. The number of nitrogens with one attached hydrogen (secondary N) is 1. The highest BCUT2D eigenvalue weighted by molar-refractivity contribution is 5.66. The van der Waals surface area contributed by atoms with Crippen molar-refractivity contribution in [3.05, 3.63) is 29.8 Å². The minimum absolute atomic E-state index is 0.152. The van der Waals surface area contributed by atoms with Gasteiger partial charge in [-0.1, -0.05) is 38.3 Å². The van der Waals surface area contributed by atoms with E-state index >= 15 is 0 Å². The summed E-state index contributed by atoms with van der Waals surface area (Å²) in [6.45, 7) is 4.15. The summed E-state index contributed by atoms with van der Waals surface area (Å²) in [5.74, 6) is 0.125. The van der Waals surface area contributed by atoms with Gasteiger partial charge in [0.15, 0.2) is 0 Å². The van der Waals surface area contributed by atoms with Gasteiger partial charge in [-0.25, -0.2) is 0 Å². The van der Waals surface area contributed by atoms with E-state index in [1.165, 1.54) is 19.3 Å². The number of hydrogen-bond acceptors (Lipinski definition) is 3. The van der Waals surface area contributed by atoms with Gasteiger partial charge >= 0.3 is 5.97 Å². The third kappa shape index (κ3) is 7.79. The third-order valence-electron chi connectivity index (χ3n) is 3.03. The Bertz CT molecular complexity index is 376. The molecule has 0 saturated carbocycles. The molecule has 0 amide bonds. The van der Waals surface area contributed by atoms with Crippen LogP contribution < -0.4 is 10.1 Å². The van der Waals surface area contributed by atoms with Crippen molar-refractivity contribution in [1.82, 2.24) is 5.32 Å². The minimum atomic E-state index is -0.774. The number of carboxylic acid groups (broad SMARTS) is 1. The minimum Gasteiger partial charge on any atom is -0.494 e. The van der Waals surface area contributed by atoms with Crippen LogP contribution in [-0.2, 0) is 11.3 Å². The summed E-state index contributed by atoms with van der Waals surface area (Å²) in [6, 6.07) is 7.95. The summed E-state index contributed by atoms with van der Waals surface area (Å²) < 4.78 is 5.67. The lowest BCUT2D eigenvalue weighted by molar-refractivity contribution is -0.136. The molecule has 0 aliphatic heterocycles. The Morgan fingerprint density at radius 1 is 1.20 bits per heavy atom. The number of rotatable bonds is 11. The molecule has 0 aliphatic carbocycles. The normalized spacial score (nSPS) is 10.4. The van der Waals surface area contributed by atoms with Crippen LogP contribution in [0.15, 0.2) is 24.3 Å². The van der Waals surface area contributed by atoms with Crippen LogP contribution >= 0.6 is 0 Å². The molecule has 0 heterocycles. The lowest BCUT2D eigenvalue weighted by Crippen LogP contribution is -2.17. The van der Waals surface area contributed by atoms with Crippen LogP contribution in [0.4, 0.5) is 0 Å². The van der Waals surface area contributed by atoms with Crippen molar-refractivity contribution in [2.75, 3.05) is 13.2 Å². The second kappa shape index (κ2) is 10.3. The van der Waals surface area contributed by atoms with Gasteiger partial charge < -0.3 is 15.2 Å². The Kier molecular flexibility index (Phi) is 8.47. The number of ether oxygens (including phenoxy) is 1. The number of unbranched alkanes of at least 4 members (excludes halogenated alkanes) is 3. The molecule has 4 nitrogen and oxygen atoms in total. The zero-order chi connectivity index (χ0) is 14.6. The maximum atomic E-state index is 10.4. The maximum Gasteiger partial charge on any atom is 0.304 e.